The van der Waals surface area contributed by atoms with Gasteiger partial charge in [-0.15, -0.1) is 0 Å². The summed E-state index contributed by atoms with van der Waals surface area (Å²) in [5.74, 6) is 1.85. The number of likely N-dealkylation sites (tertiary alicyclic amines) is 1. The molecule has 1 aliphatic rings. The van der Waals surface area contributed by atoms with Gasteiger partial charge in [0.15, 0.2) is 0 Å². The van der Waals surface area contributed by atoms with Crippen LogP contribution in [-0.4, -0.2) is 74.4 Å². The molecule has 1 atom stereocenters. The molecular formula is C35H43N7O4. The molecule has 46 heavy (non-hydrogen) atoms. The van der Waals surface area contributed by atoms with E-state index in [1.165, 1.54) is 7.11 Å². The van der Waals surface area contributed by atoms with Crippen LogP contribution in [0.15, 0.2) is 60.9 Å². The molecule has 0 saturated carbocycles. The average Bonchev–Trinajstić information content (AvgIpc) is 3.84. The number of hydrogen-bond donors (Lipinski definition) is 3. The van der Waals surface area contributed by atoms with Crippen molar-refractivity contribution >= 4 is 17.9 Å². The summed E-state index contributed by atoms with van der Waals surface area (Å²) in [6.07, 6.45) is 6.26. The Bertz CT molecular complexity index is 1630. The second-order valence-electron chi connectivity index (χ2n) is 12.1. The van der Waals surface area contributed by atoms with E-state index in [1.807, 2.05) is 30.2 Å². The largest absolute Gasteiger partial charge is 0.453 e. The number of H-pyrrole nitrogens is 2. The van der Waals surface area contributed by atoms with E-state index < -0.39 is 6.09 Å². The van der Waals surface area contributed by atoms with Gasteiger partial charge < -0.3 is 29.8 Å². The van der Waals surface area contributed by atoms with Crippen LogP contribution in [0.4, 0.5) is 4.79 Å². The number of nitrogens with zero attached hydrogens (tertiary/aromatic N) is 4. The maximum absolute atomic E-state index is 12.8. The van der Waals surface area contributed by atoms with Crippen molar-refractivity contribution in [3.05, 3.63) is 72.6 Å². The molecule has 0 spiro atoms. The number of carbonyl (C=O) groups is 3. The van der Waals surface area contributed by atoms with Crippen LogP contribution in [0.5, 0.6) is 0 Å². The van der Waals surface area contributed by atoms with Crippen LogP contribution in [0.25, 0.3) is 33.6 Å². The van der Waals surface area contributed by atoms with E-state index in [2.05, 4.69) is 80.2 Å². The summed E-state index contributed by atoms with van der Waals surface area (Å²) in [4.78, 5) is 56.3. The highest BCUT2D eigenvalue weighted by molar-refractivity contribution is 5.82. The quantitative estimate of drug-likeness (QED) is 0.178. The molecule has 11 nitrogen and oxygen atoms in total. The molecule has 1 saturated heterocycles. The average molecular weight is 626 g/mol. The predicted octanol–water partition coefficient (Wildman–Crippen LogP) is 5.94. The lowest BCUT2D eigenvalue weighted by molar-refractivity contribution is -0.133. The van der Waals surface area contributed by atoms with Crippen LogP contribution in [0.2, 0.25) is 0 Å². The highest BCUT2D eigenvalue weighted by atomic mass is 16.5. The van der Waals surface area contributed by atoms with Gasteiger partial charge in [0.25, 0.3) is 0 Å². The van der Waals surface area contributed by atoms with E-state index in [1.54, 1.807) is 11.1 Å². The minimum Gasteiger partial charge on any atom is -0.453 e. The van der Waals surface area contributed by atoms with Crippen molar-refractivity contribution in [3.63, 3.8) is 0 Å². The summed E-state index contributed by atoms with van der Waals surface area (Å²) >= 11 is 0. The Kier molecular flexibility index (Phi) is 10.5. The topological polar surface area (TPSA) is 136 Å². The lowest BCUT2D eigenvalue weighted by atomic mass is 10.0. The standard InChI is InChI=1S/C35H43N7O4/c1-5-16-41(33(44)21-38-35(45)46-4)22-31-36-19-28(39-31)26-12-8-24(9-13-26)25-10-14-27(15-11-25)29-20-37-34(40-29)30-7-6-17-42(30)32(43)18-23(2)3/h8-15,19-20,23,30H,5-7,16-18,21-22H2,1-4H3,(H,36,39)(H,37,40)(H,38,45). The Hall–Kier alpha value is -4.93. The number of imidazole rings is 2. The molecule has 4 aromatic rings. The number of methoxy groups -OCH3 is 1. The summed E-state index contributed by atoms with van der Waals surface area (Å²) in [6, 6.07) is 16.6. The van der Waals surface area contributed by atoms with Crippen molar-refractivity contribution in [2.24, 2.45) is 5.92 Å². The third kappa shape index (κ3) is 7.82. The summed E-state index contributed by atoms with van der Waals surface area (Å²) in [7, 11) is 1.26. The first-order valence-corrected chi connectivity index (χ1v) is 15.9. The van der Waals surface area contributed by atoms with Gasteiger partial charge in [0.05, 0.1) is 43.5 Å². The molecule has 1 unspecified atom stereocenters. The minimum absolute atomic E-state index is 0.0110. The van der Waals surface area contributed by atoms with Crippen molar-refractivity contribution in [2.45, 2.75) is 59.0 Å². The predicted molar refractivity (Wildman–Crippen MR) is 176 cm³/mol. The summed E-state index contributed by atoms with van der Waals surface area (Å²) in [6.45, 7) is 7.66. The zero-order valence-corrected chi connectivity index (χ0v) is 27.0. The maximum Gasteiger partial charge on any atom is 0.407 e. The van der Waals surface area contributed by atoms with Gasteiger partial charge in [0.2, 0.25) is 11.8 Å². The number of amides is 3. The minimum atomic E-state index is -0.640. The third-order valence-electron chi connectivity index (χ3n) is 8.18. The molecule has 242 valence electrons. The first kappa shape index (κ1) is 32.5. The number of alkyl carbamates (subject to hydrolysis) is 1. The van der Waals surface area contributed by atoms with Crippen LogP contribution >= 0.6 is 0 Å². The zero-order valence-electron chi connectivity index (χ0n) is 27.0. The number of rotatable bonds is 12. The number of ether oxygens (including phenoxy) is 1. The van der Waals surface area contributed by atoms with Gasteiger partial charge in [-0.05, 0) is 47.4 Å². The molecule has 3 heterocycles. The molecule has 5 rings (SSSR count). The molecular weight excluding hydrogens is 582 g/mol. The monoisotopic (exact) mass is 625 g/mol. The summed E-state index contributed by atoms with van der Waals surface area (Å²) < 4.78 is 4.55. The molecule has 3 amide bonds. The Morgan fingerprint density at radius 2 is 1.57 bits per heavy atom. The number of hydrogen-bond acceptors (Lipinski definition) is 6. The molecule has 0 bridgehead atoms. The van der Waals surface area contributed by atoms with Crippen LogP contribution < -0.4 is 5.32 Å². The Morgan fingerprint density at radius 1 is 0.957 bits per heavy atom. The van der Waals surface area contributed by atoms with Crippen molar-refractivity contribution < 1.29 is 19.1 Å². The number of carbonyl (C=O) groups excluding carboxylic acids is 3. The van der Waals surface area contributed by atoms with Crippen molar-refractivity contribution in [3.8, 4) is 33.6 Å². The maximum atomic E-state index is 12.8. The van der Waals surface area contributed by atoms with E-state index in [9.17, 15) is 14.4 Å². The fourth-order valence-electron chi connectivity index (χ4n) is 5.82. The molecule has 2 aromatic heterocycles. The number of nitrogens with one attached hydrogen (secondary N) is 3. The molecule has 0 aliphatic carbocycles. The SMILES string of the molecule is CCCN(Cc1ncc(-c2ccc(-c3ccc(-c4cnc(C5CCCN5C(=O)CC(C)C)[nH]4)cc3)cc2)[nH]1)C(=O)CNC(=O)OC. The molecule has 3 N–H and O–H groups in total. The number of aromatic amines is 2. The molecule has 1 aliphatic heterocycles. The van der Waals surface area contributed by atoms with Gasteiger partial charge in [-0.25, -0.2) is 14.8 Å². The van der Waals surface area contributed by atoms with Crippen LogP contribution in [0.1, 0.15) is 64.1 Å². The molecule has 0 radical (unpaired) electrons. The zero-order chi connectivity index (χ0) is 32.6. The summed E-state index contributed by atoms with van der Waals surface area (Å²) in [5.41, 5.74) is 6.00. The fraction of sp³-hybridized carbons (Fsp3) is 0.400. The number of benzene rings is 2. The summed E-state index contributed by atoms with van der Waals surface area (Å²) in [5, 5.41) is 2.44. The smallest absolute Gasteiger partial charge is 0.407 e. The van der Waals surface area contributed by atoms with Gasteiger partial charge in [-0.2, -0.15) is 0 Å². The van der Waals surface area contributed by atoms with E-state index >= 15 is 0 Å². The van der Waals surface area contributed by atoms with Gasteiger partial charge in [0.1, 0.15) is 18.2 Å². The molecule has 1 fully saturated rings. The Balaban J connectivity index is 1.21. The van der Waals surface area contributed by atoms with E-state index in [4.69, 9.17) is 0 Å². The first-order valence-electron chi connectivity index (χ1n) is 15.9. The Morgan fingerprint density at radius 3 is 2.17 bits per heavy atom. The Labute approximate surface area is 269 Å². The van der Waals surface area contributed by atoms with E-state index in [0.717, 1.165) is 65.3 Å². The second-order valence-corrected chi connectivity index (χ2v) is 12.1. The fourth-order valence-corrected chi connectivity index (χ4v) is 5.82. The third-order valence-corrected chi connectivity index (χ3v) is 8.18. The van der Waals surface area contributed by atoms with Gasteiger partial charge >= 0.3 is 6.09 Å². The highest BCUT2D eigenvalue weighted by Gasteiger charge is 2.32. The van der Waals surface area contributed by atoms with Gasteiger partial charge in [-0.1, -0.05) is 69.3 Å². The lowest BCUT2D eigenvalue weighted by Gasteiger charge is -2.24. The number of aromatic nitrogens is 4. The van der Waals surface area contributed by atoms with Gasteiger partial charge in [0, 0.05) is 19.5 Å². The van der Waals surface area contributed by atoms with Crippen molar-refractivity contribution in [1.29, 1.82) is 0 Å². The normalized spacial score (nSPS) is 14.5. The first-order chi connectivity index (χ1) is 22.2. The van der Waals surface area contributed by atoms with Crippen molar-refractivity contribution in [1.82, 2.24) is 35.1 Å². The van der Waals surface area contributed by atoms with Crippen LogP contribution in [-0.2, 0) is 20.9 Å². The van der Waals surface area contributed by atoms with Gasteiger partial charge in [-0.3, -0.25) is 9.59 Å². The van der Waals surface area contributed by atoms with E-state index in [0.29, 0.717) is 31.3 Å². The lowest BCUT2D eigenvalue weighted by Crippen LogP contribution is -2.40. The van der Waals surface area contributed by atoms with Crippen molar-refractivity contribution in [2.75, 3.05) is 26.7 Å². The second kappa shape index (κ2) is 14.9. The highest BCUT2D eigenvalue weighted by Crippen LogP contribution is 2.33. The molecule has 2 aromatic carbocycles. The van der Waals surface area contributed by atoms with E-state index in [-0.39, 0.29) is 24.4 Å². The molecule has 11 heteroatoms. The van der Waals surface area contributed by atoms with Crippen LogP contribution in [0, 0.1) is 5.92 Å². The van der Waals surface area contributed by atoms with Crippen LogP contribution in [0.3, 0.4) is 0 Å².